The summed E-state index contributed by atoms with van der Waals surface area (Å²) in [5.41, 5.74) is 4.77. The summed E-state index contributed by atoms with van der Waals surface area (Å²) in [5, 5.41) is 6.07. The molecule has 0 aliphatic carbocycles. The van der Waals surface area contributed by atoms with Crippen molar-refractivity contribution in [3.8, 4) is 0 Å². The largest absolute Gasteiger partial charge is 0.383 e. The fraction of sp³-hybridized carbons (Fsp3) is 0.182. The van der Waals surface area contributed by atoms with E-state index in [2.05, 4.69) is 15.6 Å². The molecule has 1 heterocycles. The van der Waals surface area contributed by atoms with Crippen molar-refractivity contribution in [3.05, 3.63) is 88.9 Å². The van der Waals surface area contributed by atoms with E-state index >= 15 is 0 Å². The Hall–Kier alpha value is -3.21. The molecule has 0 bridgehead atoms. The van der Waals surface area contributed by atoms with Crippen molar-refractivity contribution < 1.29 is 9.18 Å². The highest BCUT2D eigenvalue weighted by Crippen LogP contribution is 2.14. The SMILES string of the molecule is Cc1ccc(C(=O)Nc2ccc(NCCc3ccc(F)cc3)cn2)cc1C. The zero-order valence-corrected chi connectivity index (χ0v) is 15.4. The molecule has 0 spiro atoms. The predicted molar refractivity (Wildman–Crippen MR) is 107 cm³/mol. The molecule has 0 aliphatic rings. The number of carbonyl (C=O) groups is 1. The van der Waals surface area contributed by atoms with Gasteiger partial charge in [-0.05, 0) is 73.4 Å². The van der Waals surface area contributed by atoms with Crippen molar-refractivity contribution in [1.29, 1.82) is 0 Å². The number of rotatable bonds is 6. The second-order valence-electron chi connectivity index (χ2n) is 6.49. The molecule has 4 nitrogen and oxygen atoms in total. The Bertz CT molecular complexity index is 921. The molecule has 2 N–H and O–H groups in total. The van der Waals surface area contributed by atoms with Gasteiger partial charge in [0.05, 0.1) is 11.9 Å². The molecule has 0 aliphatic heterocycles. The first-order chi connectivity index (χ1) is 13.0. The van der Waals surface area contributed by atoms with Crippen LogP contribution in [0.5, 0.6) is 0 Å². The van der Waals surface area contributed by atoms with Gasteiger partial charge in [-0.15, -0.1) is 0 Å². The van der Waals surface area contributed by atoms with Gasteiger partial charge in [-0.2, -0.15) is 0 Å². The van der Waals surface area contributed by atoms with Crippen molar-refractivity contribution in [3.63, 3.8) is 0 Å². The van der Waals surface area contributed by atoms with E-state index < -0.39 is 0 Å². The minimum atomic E-state index is -0.227. The molecule has 3 aromatic rings. The van der Waals surface area contributed by atoms with Gasteiger partial charge in [0.1, 0.15) is 11.6 Å². The smallest absolute Gasteiger partial charge is 0.256 e. The summed E-state index contributed by atoms with van der Waals surface area (Å²) in [6.07, 6.45) is 2.46. The lowest BCUT2D eigenvalue weighted by Gasteiger charge is -2.09. The molecule has 0 fully saturated rings. The lowest BCUT2D eigenvalue weighted by molar-refractivity contribution is 0.102. The van der Waals surface area contributed by atoms with Gasteiger partial charge in [-0.3, -0.25) is 4.79 Å². The minimum Gasteiger partial charge on any atom is -0.383 e. The fourth-order valence-electron chi connectivity index (χ4n) is 2.65. The quantitative estimate of drug-likeness (QED) is 0.665. The van der Waals surface area contributed by atoms with Gasteiger partial charge < -0.3 is 10.6 Å². The molecule has 0 atom stereocenters. The number of hydrogen-bond donors (Lipinski definition) is 2. The number of nitrogens with one attached hydrogen (secondary N) is 2. The third-order valence-corrected chi connectivity index (χ3v) is 4.43. The lowest BCUT2D eigenvalue weighted by atomic mass is 10.1. The van der Waals surface area contributed by atoms with E-state index in [-0.39, 0.29) is 11.7 Å². The van der Waals surface area contributed by atoms with Crippen molar-refractivity contribution in [2.45, 2.75) is 20.3 Å². The van der Waals surface area contributed by atoms with Crippen LogP contribution in [0.1, 0.15) is 27.0 Å². The van der Waals surface area contributed by atoms with Gasteiger partial charge in [-0.25, -0.2) is 9.37 Å². The molecular formula is C22H22FN3O. The number of amides is 1. The highest BCUT2D eigenvalue weighted by atomic mass is 19.1. The zero-order chi connectivity index (χ0) is 19.2. The number of benzene rings is 2. The fourth-order valence-corrected chi connectivity index (χ4v) is 2.65. The normalized spacial score (nSPS) is 10.5. The second-order valence-corrected chi connectivity index (χ2v) is 6.49. The van der Waals surface area contributed by atoms with Gasteiger partial charge in [0.15, 0.2) is 0 Å². The third-order valence-electron chi connectivity index (χ3n) is 4.43. The highest BCUT2D eigenvalue weighted by molar-refractivity contribution is 6.03. The van der Waals surface area contributed by atoms with E-state index in [0.717, 1.165) is 28.8 Å². The minimum absolute atomic E-state index is 0.178. The van der Waals surface area contributed by atoms with Crippen LogP contribution in [0.15, 0.2) is 60.8 Å². The molecule has 2 aromatic carbocycles. The summed E-state index contributed by atoms with van der Waals surface area (Å²) in [6.45, 7) is 4.71. The van der Waals surface area contributed by atoms with Crippen LogP contribution in [0.25, 0.3) is 0 Å². The Morgan fingerprint density at radius 1 is 1.00 bits per heavy atom. The van der Waals surface area contributed by atoms with Crippen molar-refractivity contribution in [2.75, 3.05) is 17.2 Å². The Balaban J connectivity index is 1.52. The van der Waals surface area contributed by atoms with Crippen molar-refractivity contribution in [2.24, 2.45) is 0 Å². The van der Waals surface area contributed by atoms with Crippen LogP contribution in [0.4, 0.5) is 15.9 Å². The van der Waals surface area contributed by atoms with Gasteiger partial charge in [-0.1, -0.05) is 18.2 Å². The number of halogens is 1. The Kier molecular flexibility index (Phi) is 5.81. The average Bonchev–Trinajstić information content (AvgIpc) is 2.67. The maximum Gasteiger partial charge on any atom is 0.256 e. The van der Waals surface area contributed by atoms with Crippen LogP contribution in [0.3, 0.4) is 0 Å². The van der Waals surface area contributed by atoms with Gasteiger partial charge in [0, 0.05) is 12.1 Å². The van der Waals surface area contributed by atoms with Gasteiger partial charge in [0.2, 0.25) is 0 Å². The predicted octanol–water partition coefficient (Wildman–Crippen LogP) is 4.74. The van der Waals surface area contributed by atoms with E-state index in [4.69, 9.17) is 0 Å². The van der Waals surface area contributed by atoms with Crippen LogP contribution in [-0.2, 0) is 6.42 Å². The summed E-state index contributed by atoms with van der Waals surface area (Å²) in [4.78, 5) is 16.6. The van der Waals surface area contributed by atoms with Gasteiger partial charge >= 0.3 is 0 Å². The number of nitrogens with zero attached hydrogens (tertiary/aromatic N) is 1. The van der Waals surface area contributed by atoms with Gasteiger partial charge in [0.25, 0.3) is 5.91 Å². The highest BCUT2D eigenvalue weighted by Gasteiger charge is 2.08. The summed E-state index contributed by atoms with van der Waals surface area (Å²) >= 11 is 0. The third kappa shape index (κ3) is 5.14. The maximum atomic E-state index is 12.9. The summed E-state index contributed by atoms with van der Waals surface area (Å²) < 4.78 is 12.9. The molecule has 0 saturated carbocycles. The number of carbonyl (C=O) groups excluding carboxylic acids is 1. The molecular weight excluding hydrogens is 341 g/mol. The Labute approximate surface area is 158 Å². The van der Waals surface area contributed by atoms with E-state index in [1.54, 1.807) is 24.4 Å². The van der Waals surface area contributed by atoms with Crippen LogP contribution in [0.2, 0.25) is 0 Å². The van der Waals surface area contributed by atoms with Crippen LogP contribution >= 0.6 is 0 Å². The average molecular weight is 363 g/mol. The first-order valence-corrected chi connectivity index (χ1v) is 8.84. The molecule has 1 amide bonds. The summed E-state index contributed by atoms with van der Waals surface area (Å²) in [7, 11) is 0. The molecule has 0 saturated heterocycles. The summed E-state index contributed by atoms with van der Waals surface area (Å²) in [5.74, 6) is 0.0966. The number of aromatic nitrogens is 1. The van der Waals surface area contributed by atoms with Crippen LogP contribution in [0, 0.1) is 19.7 Å². The maximum absolute atomic E-state index is 12.9. The first-order valence-electron chi connectivity index (χ1n) is 8.84. The molecule has 0 radical (unpaired) electrons. The van der Waals surface area contributed by atoms with Crippen molar-refractivity contribution in [1.82, 2.24) is 4.98 Å². The molecule has 1 aromatic heterocycles. The molecule has 3 rings (SSSR count). The molecule has 5 heteroatoms. The van der Waals surface area contributed by atoms with Crippen LogP contribution in [-0.4, -0.2) is 17.4 Å². The molecule has 27 heavy (non-hydrogen) atoms. The first kappa shape index (κ1) is 18.6. The van der Waals surface area contributed by atoms with Crippen LogP contribution < -0.4 is 10.6 Å². The standard InChI is InChI=1S/C22H22FN3O/c1-15-3-6-18(13-16(15)2)22(27)26-21-10-9-20(14-25-21)24-12-11-17-4-7-19(23)8-5-17/h3-10,13-14,24H,11-12H2,1-2H3,(H,25,26,27). The molecule has 138 valence electrons. The number of anilines is 2. The monoisotopic (exact) mass is 363 g/mol. The molecule has 0 unspecified atom stereocenters. The number of pyridine rings is 1. The summed E-state index contributed by atoms with van der Waals surface area (Å²) in [6, 6.07) is 15.7. The second kappa shape index (κ2) is 8.45. The van der Waals surface area contributed by atoms with E-state index in [1.807, 2.05) is 38.1 Å². The van der Waals surface area contributed by atoms with Crippen molar-refractivity contribution >= 4 is 17.4 Å². The van der Waals surface area contributed by atoms with E-state index in [0.29, 0.717) is 17.9 Å². The topological polar surface area (TPSA) is 54.0 Å². The number of aryl methyl sites for hydroxylation is 2. The van der Waals surface area contributed by atoms with E-state index in [1.165, 1.54) is 12.1 Å². The zero-order valence-electron chi connectivity index (χ0n) is 15.4. The number of hydrogen-bond acceptors (Lipinski definition) is 3. The Morgan fingerprint density at radius 2 is 1.78 bits per heavy atom. The lowest BCUT2D eigenvalue weighted by Crippen LogP contribution is -2.13. The Morgan fingerprint density at radius 3 is 2.44 bits per heavy atom. The van der Waals surface area contributed by atoms with E-state index in [9.17, 15) is 9.18 Å².